The van der Waals surface area contributed by atoms with Gasteiger partial charge in [-0.25, -0.2) is 19.9 Å². The lowest BCUT2D eigenvalue weighted by atomic mass is 9.97. The predicted octanol–water partition coefficient (Wildman–Crippen LogP) is 12.3. The smallest absolute Gasteiger partial charge is 0.164 e. The topological polar surface area (TPSA) is 101 Å². The molecule has 0 spiro atoms. The Morgan fingerprint density at radius 3 is 2.00 bits per heavy atom. The lowest BCUT2D eigenvalue weighted by molar-refractivity contribution is 0.605. The van der Waals surface area contributed by atoms with Gasteiger partial charge in [-0.2, -0.15) is 0 Å². The molecule has 1 N–H and O–H groups in total. The van der Waals surface area contributed by atoms with Crippen molar-refractivity contribution in [1.82, 2.24) is 15.0 Å². The molecule has 0 radical (unpaired) electrons. The number of rotatable bonds is 7. The van der Waals surface area contributed by atoms with Crippen LogP contribution in [0.15, 0.2) is 189 Å². The number of fused-ring (bicyclic) bond motifs is 4. The quantitative estimate of drug-likeness (QED) is 0.130. The largest absolute Gasteiger partial charge is 0.455 e. The molecule has 9 aromatic rings. The molecule has 6 aromatic carbocycles. The number of nitrogens with one attached hydrogen (secondary N) is 1. The molecule has 266 valence electrons. The Balaban J connectivity index is 1.08. The summed E-state index contributed by atoms with van der Waals surface area (Å²) in [6.45, 7) is 0. The van der Waals surface area contributed by atoms with Gasteiger partial charge in [0.15, 0.2) is 23.2 Å². The van der Waals surface area contributed by atoms with E-state index in [4.69, 9.17) is 34.2 Å². The van der Waals surface area contributed by atoms with Gasteiger partial charge in [0, 0.05) is 44.0 Å². The number of aliphatic imine (C=N–C) groups is 1. The summed E-state index contributed by atoms with van der Waals surface area (Å²) < 4.78 is 13.0. The van der Waals surface area contributed by atoms with Crippen molar-refractivity contribution < 1.29 is 8.83 Å². The van der Waals surface area contributed by atoms with Crippen LogP contribution in [-0.4, -0.2) is 26.5 Å². The molecule has 3 aromatic heterocycles. The van der Waals surface area contributed by atoms with Crippen LogP contribution in [0.25, 0.3) is 78.2 Å². The summed E-state index contributed by atoms with van der Waals surface area (Å²) in [7, 11) is 0. The third kappa shape index (κ3) is 6.21. The van der Waals surface area contributed by atoms with E-state index >= 15 is 0 Å². The van der Waals surface area contributed by atoms with Gasteiger partial charge in [0.25, 0.3) is 0 Å². The molecule has 10 rings (SSSR count). The zero-order valence-corrected chi connectivity index (χ0v) is 30.2. The number of nitrogens with zero attached hydrogens (tertiary/aromatic N) is 4. The van der Waals surface area contributed by atoms with E-state index in [2.05, 4.69) is 42.5 Å². The summed E-state index contributed by atoms with van der Waals surface area (Å²) in [5, 5.41) is 11.9. The van der Waals surface area contributed by atoms with Crippen molar-refractivity contribution in [2.24, 2.45) is 4.99 Å². The van der Waals surface area contributed by atoms with Gasteiger partial charge in [-0.15, -0.1) is 0 Å². The number of amidine groups is 1. The van der Waals surface area contributed by atoms with Crippen LogP contribution < -0.4 is 0 Å². The maximum Gasteiger partial charge on any atom is 0.164 e. The first kappa shape index (κ1) is 33.1. The van der Waals surface area contributed by atoms with E-state index < -0.39 is 0 Å². The van der Waals surface area contributed by atoms with Crippen LogP contribution >= 0.6 is 0 Å². The van der Waals surface area contributed by atoms with Crippen LogP contribution in [0.2, 0.25) is 0 Å². The second-order valence-corrected chi connectivity index (χ2v) is 13.7. The van der Waals surface area contributed by atoms with Gasteiger partial charge in [-0.1, -0.05) is 133 Å². The first-order valence-corrected chi connectivity index (χ1v) is 18.6. The van der Waals surface area contributed by atoms with Gasteiger partial charge in [-0.3, -0.25) is 5.41 Å². The summed E-state index contributed by atoms with van der Waals surface area (Å²) >= 11 is 0. The van der Waals surface area contributed by atoms with Crippen molar-refractivity contribution in [3.8, 4) is 45.3 Å². The molecule has 0 amide bonds. The SMILES string of the molecule is N=C(N=C(c1cccc(-c2cccc3c2oc2ccc(-c4nc(-c5ccccc5)nc(-c5ccccc5)n4)cc23)c1)c1cc2ccccc2o1)C1=CC=CCC1. The highest BCUT2D eigenvalue weighted by atomic mass is 16.3. The Bertz CT molecular complexity index is 2950. The third-order valence-corrected chi connectivity index (χ3v) is 10.1. The summed E-state index contributed by atoms with van der Waals surface area (Å²) in [5.41, 5.74) is 9.26. The molecule has 0 fully saturated rings. The molecule has 7 heteroatoms. The molecular weight excluding hydrogens is 691 g/mol. The molecule has 0 saturated heterocycles. The number of hydrogen-bond donors (Lipinski definition) is 1. The summed E-state index contributed by atoms with van der Waals surface area (Å²) in [5.74, 6) is 2.65. The molecule has 0 aliphatic heterocycles. The predicted molar refractivity (Wildman–Crippen MR) is 225 cm³/mol. The summed E-state index contributed by atoms with van der Waals surface area (Å²) in [6, 6.07) is 50.4. The fourth-order valence-corrected chi connectivity index (χ4v) is 7.28. The second-order valence-electron chi connectivity index (χ2n) is 13.7. The van der Waals surface area contributed by atoms with E-state index in [0.717, 1.165) is 84.7 Å². The molecule has 0 atom stereocenters. The molecule has 0 bridgehead atoms. The zero-order chi connectivity index (χ0) is 37.4. The Labute approximate surface area is 322 Å². The van der Waals surface area contributed by atoms with Gasteiger partial charge in [0.1, 0.15) is 28.3 Å². The summed E-state index contributed by atoms with van der Waals surface area (Å²) in [6.07, 6.45) is 7.75. The highest BCUT2D eigenvalue weighted by Crippen LogP contribution is 2.38. The van der Waals surface area contributed by atoms with E-state index in [-0.39, 0.29) is 5.84 Å². The first-order chi connectivity index (χ1) is 27.6. The monoisotopic (exact) mass is 723 g/mol. The molecule has 7 nitrogen and oxygen atoms in total. The normalized spacial score (nSPS) is 13.1. The van der Waals surface area contributed by atoms with E-state index in [1.807, 2.05) is 127 Å². The van der Waals surface area contributed by atoms with Crippen molar-refractivity contribution in [2.75, 3.05) is 0 Å². The first-order valence-electron chi connectivity index (χ1n) is 18.6. The molecule has 1 aliphatic carbocycles. The number of aromatic nitrogens is 3. The molecule has 0 saturated carbocycles. The average molecular weight is 724 g/mol. The van der Waals surface area contributed by atoms with Crippen LogP contribution in [-0.2, 0) is 0 Å². The Morgan fingerprint density at radius 1 is 0.571 bits per heavy atom. The minimum Gasteiger partial charge on any atom is -0.455 e. The molecule has 0 unspecified atom stereocenters. The van der Waals surface area contributed by atoms with Crippen LogP contribution in [0, 0.1) is 5.41 Å². The minimum atomic E-state index is 0.232. The van der Waals surface area contributed by atoms with Crippen molar-refractivity contribution in [1.29, 1.82) is 5.41 Å². The van der Waals surface area contributed by atoms with Crippen molar-refractivity contribution in [2.45, 2.75) is 12.8 Å². The lowest BCUT2D eigenvalue weighted by Gasteiger charge is -2.11. The molecule has 1 aliphatic rings. The lowest BCUT2D eigenvalue weighted by Crippen LogP contribution is -2.09. The van der Waals surface area contributed by atoms with Gasteiger partial charge in [0.2, 0.25) is 0 Å². The Morgan fingerprint density at radius 2 is 1.27 bits per heavy atom. The van der Waals surface area contributed by atoms with Gasteiger partial charge in [0.05, 0.1) is 0 Å². The van der Waals surface area contributed by atoms with E-state index in [9.17, 15) is 0 Å². The van der Waals surface area contributed by atoms with Crippen LogP contribution in [0.1, 0.15) is 24.2 Å². The fraction of sp³-hybridized carbons (Fsp3) is 0.0408. The number of benzene rings is 6. The highest BCUT2D eigenvalue weighted by molar-refractivity contribution is 6.19. The van der Waals surface area contributed by atoms with E-state index in [1.165, 1.54) is 0 Å². The molecule has 56 heavy (non-hydrogen) atoms. The van der Waals surface area contributed by atoms with Crippen molar-refractivity contribution >= 4 is 44.5 Å². The standard InChI is InChI=1S/C49H33N5O2/c50-46(31-14-4-1-5-15-31)51-44(43-30-35-20-10-11-25-41(35)55-43)36-22-12-21-34(28-36)38-23-13-24-39-40-29-37(26-27-42(40)56-45(38)39)49-53-47(32-16-6-2-7-17-32)52-48(54-49)33-18-8-3-9-19-33/h1-4,6-14,16-30,50H,5,15H2. The highest BCUT2D eigenvalue weighted by Gasteiger charge is 2.19. The van der Waals surface area contributed by atoms with E-state index in [1.54, 1.807) is 0 Å². The molecule has 3 heterocycles. The van der Waals surface area contributed by atoms with Gasteiger partial charge in [-0.05, 0) is 60.4 Å². The minimum absolute atomic E-state index is 0.232. The molecular formula is C49H33N5O2. The third-order valence-electron chi connectivity index (χ3n) is 10.1. The van der Waals surface area contributed by atoms with Crippen LogP contribution in [0.5, 0.6) is 0 Å². The number of furan rings is 2. The van der Waals surface area contributed by atoms with Gasteiger partial charge < -0.3 is 8.83 Å². The maximum atomic E-state index is 8.97. The second kappa shape index (κ2) is 14.0. The van der Waals surface area contributed by atoms with E-state index in [0.29, 0.717) is 28.9 Å². The van der Waals surface area contributed by atoms with Crippen LogP contribution in [0.4, 0.5) is 0 Å². The maximum absolute atomic E-state index is 8.97. The fourth-order valence-electron chi connectivity index (χ4n) is 7.28. The zero-order valence-electron chi connectivity index (χ0n) is 30.2. The van der Waals surface area contributed by atoms with Crippen molar-refractivity contribution in [3.63, 3.8) is 0 Å². The van der Waals surface area contributed by atoms with Crippen LogP contribution in [0.3, 0.4) is 0 Å². The van der Waals surface area contributed by atoms with Crippen molar-refractivity contribution in [3.05, 3.63) is 187 Å². The number of hydrogen-bond acceptors (Lipinski definition) is 6. The summed E-state index contributed by atoms with van der Waals surface area (Å²) in [4.78, 5) is 19.7. The number of para-hydroxylation sites is 2. The van der Waals surface area contributed by atoms with Gasteiger partial charge >= 0.3 is 0 Å². The average Bonchev–Trinajstić information content (AvgIpc) is 3.88. The Kier molecular flexibility index (Phi) is 8.30. The Hall–Kier alpha value is -7.51. The number of allylic oxidation sites excluding steroid dienone is 3.